The van der Waals surface area contributed by atoms with Gasteiger partial charge in [0, 0.05) is 6.42 Å². The molecule has 0 rings (SSSR count). The van der Waals surface area contributed by atoms with Crippen LogP contribution in [-0.2, 0) is 9.59 Å². The Morgan fingerprint density at radius 2 is 1.71 bits per heavy atom. The molecule has 1 unspecified atom stereocenters. The first kappa shape index (κ1) is 15.6. The lowest BCUT2D eigenvalue weighted by Gasteiger charge is -1.90. The zero-order valence-electron chi connectivity index (χ0n) is 9.12. The Bertz CT molecular complexity index is 164. The largest absolute Gasteiger partial charge is 0.481 e. The first-order chi connectivity index (χ1) is 6.43. The second kappa shape index (κ2) is 10.2. The Morgan fingerprint density at radius 1 is 1.29 bits per heavy atom. The molecule has 4 heteroatoms. The number of Topliss-reactive ketones (excluding diaryl/α,β-unsaturated/α-hetero) is 1. The molecule has 0 saturated heterocycles. The van der Waals surface area contributed by atoms with E-state index in [0.29, 0.717) is 6.42 Å². The van der Waals surface area contributed by atoms with Gasteiger partial charge in [0.05, 0.1) is 6.10 Å². The molecule has 4 nitrogen and oxygen atoms in total. The molecule has 14 heavy (non-hydrogen) atoms. The highest BCUT2D eigenvalue weighted by atomic mass is 16.4. The van der Waals surface area contributed by atoms with Crippen LogP contribution in [0.5, 0.6) is 0 Å². The van der Waals surface area contributed by atoms with Gasteiger partial charge in [0.1, 0.15) is 12.2 Å². The SMILES string of the molecule is CCC(C)O.CCCC(=O)CC(=O)O. The fourth-order valence-corrected chi connectivity index (χ4v) is 0.536. The Balaban J connectivity index is 0. The van der Waals surface area contributed by atoms with E-state index in [-0.39, 0.29) is 18.3 Å². The van der Waals surface area contributed by atoms with Crippen LogP contribution in [0.2, 0.25) is 0 Å². The smallest absolute Gasteiger partial charge is 0.310 e. The lowest BCUT2D eigenvalue weighted by atomic mass is 10.2. The molecular formula is C10H20O4. The fourth-order valence-electron chi connectivity index (χ4n) is 0.536. The zero-order chi connectivity index (χ0) is 11.6. The van der Waals surface area contributed by atoms with Gasteiger partial charge in [-0.15, -0.1) is 0 Å². The van der Waals surface area contributed by atoms with Crippen molar-refractivity contribution >= 4 is 11.8 Å². The molecule has 0 heterocycles. The number of hydrogen-bond donors (Lipinski definition) is 2. The Hall–Kier alpha value is -0.900. The first-order valence-corrected chi connectivity index (χ1v) is 4.85. The summed E-state index contributed by atoms with van der Waals surface area (Å²) in [5.41, 5.74) is 0. The number of aliphatic hydroxyl groups is 1. The quantitative estimate of drug-likeness (QED) is 0.667. The van der Waals surface area contributed by atoms with Crippen LogP contribution in [0.25, 0.3) is 0 Å². The number of aliphatic hydroxyl groups excluding tert-OH is 1. The van der Waals surface area contributed by atoms with Crippen LogP contribution in [0.15, 0.2) is 0 Å². The summed E-state index contributed by atoms with van der Waals surface area (Å²) in [4.78, 5) is 20.3. The molecule has 0 fully saturated rings. The fraction of sp³-hybridized carbons (Fsp3) is 0.800. The number of ketones is 1. The van der Waals surface area contributed by atoms with Crippen LogP contribution in [0.4, 0.5) is 0 Å². The summed E-state index contributed by atoms with van der Waals surface area (Å²) >= 11 is 0. The average Bonchev–Trinajstić information content (AvgIpc) is 2.04. The van der Waals surface area contributed by atoms with Gasteiger partial charge in [-0.2, -0.15) is 0 Å². The summed E-state index contributed by atoms with van der Waals surface area (Å²) in [6, 6.07) is 0. The molecule has 0 aliphatic carbocycles. The van der Waals surface area contributed by atoms with Gasteiger partial charge >= 0.3 is 5.97 Å². The van der Waals surface area contributed by atoms with E-state index in [1.165, 1.54) is 0 Å². The molecule has 0 aliphatic rings. The molecule has 0 aromatic carbocycles. The predicted octanol–water partition coefficient (Wildman–Crippen LogP) is 1.61. The van der Waals surface area contributed by atoms with E-state index in [2.05, 4.69) is 0 Å². The summed E-state index contributed by atoms with van der Waals surface area (Å²) < 4.78 is 0. The highest BCUT2D eigenvalue weighted by molar-refractivity contribution is 5.94. The predicted molar refractivity (Wildman–Crippen MR) is 54.1 cm³/mol. The number of aliphatic carboxylic acids is 1. The number of hydrogen-bond acceptors (Lipinski definition) is 3. The van der Waals surface area contributed by atoms with Crippen molar-refractivity contribution in [2.45, 2.75) is 52.6 Å². The number of carbonyl (C=O) groups excluding carboxylic acids is 1. The molecule has 0 radical (unpaired) electrons. The zero-order valence-corrected chi connectivity index (χ0v) is 9.12. The molecule has 1 atom stereocenters. The molecular weight excluding hydrogens is 184 g/mol. The maximum absolute atomic E-state index is 10.5. The maximum atomic E-state index is 10.5. The summed E-state index contributed by atoms with van der Waals surface area (Å²) in [6.45, 7) is 5.57. The van der Waals surface area contributed by atoms with Gasteiger partial charge in [0.2, 0.25) is 0 Å². The third-order valence-corrected chi connectivity index (χ3v) is 1.47. The first-order valence-electron chi connectivity index (χ1n) is 4.85. The number of carbonyl (C=O) groups is 2. The second-order valence-corrected chi connectivity index (χ2v) is 3.12. The highest BCUT2D eigenvalue weighted by Crippen LogP contribution is 1.92. The van der Waals surface area contributed by atoms with E-state index in [4.69, 9.17) is 10.2 Å². The molecule has 0 aliphatic heterocycles. The average molecular weight is 204 g/mol. The van der Waals surface area contributed by atoms with Gasteiger partial charge in [0.25, 0.3) is 0 Å². The Kier molecular flexibility index (Phi) is 11.3. The molecule has 0 aromatic heterocycles. The molecule has 0 aromatic rings. The van der Waals surface area contributed by atoms with Crippen LogP contribution < -0.4 is 0 Å². The molecule has 0 bridgehead atoms. The van der Waals surface area contributed by atoms with Gasteiger partial charge < -0.3 is 10.2 Å². The molecule has 2 N–H and O–H groups in total. The standard InChI is InChI=1S/C6H10O3.C4H10O/c1-2-3-5(7)4-6(8)9;1-3-4(2)5/h2-4H2,1H3,(H,8,9);4-5H,3H2,1-2H3. The van der Waals surface area contributed by atoms with Gasteiger partial charge in [-0.05, 0) is 19.8 Å². The molecule has 84 valence electrons. The van der Waals surface area contributed by atoms with E-state index in [0.717, 1.165) is 12.8 Å². The lowest BCUT2D eigenvalue weighted by Crippen LogP contribution is -2.05. The summed E-state index contributed by atoms with van der Waals surface area (Å²) in [5, 5.41) is 16.5. The third kappa shape index (κ3) is 17.3. The minimum absolute atomic E-state index is 0.116. The summed E-state index contributed by atoms with van der Waals surface area (Å²) in [7, 11) is 0. The second-order valence-electron chi connectivity index (χ2n) is 3.12. The van der Waals surface area contributed by atoms with Crippen LogP contribution in [0.3, 0.4) is 0 Å². The topological polar surface area (TPSA) is 74.6 Å². The van der Waals surface area contributed by atoms with Crippen molar-refractivity contribution in [1.29, 1.82) is 0 Å². The normalized spacial score (nSPS) is 11.1. The van der Waals surface area contributed by atoms with Gasteiger partial charge in [-0.1, -0.05) is 13.8 Å². The monoisotopic (exact) mass is 204 g/mol. The van der Waals surface area contributed by atoms with Crippen molar-refractivity contribution in [2.75, 3.05) is 0 Å². The molecule has 0 saturated carbocycles. The van der Waals surface area contributed by atoms with Crippen molar-refractivity contribution < 1.29 is 19.8 Å². The van der Waals surface area contributed by atoms with Crippen molar-refractivity contribution in [3.63, 3.8) is 0 Å². The Labute approximate surface area is 84.9 Å². The van der Waals surface area contributed by atoms with E-state index in [9.17, 15) is 9.59 Å². The number of carboxylic acid groups (broad SMARTS) is 1. The van der Waals surface area contributed by atoms with Gasteiger partial charge in [-0.3, -0.25) is 9.59 Å². The van der Waals surface area contributed by atoms with Crippen LogP contribution >= 0.6 is 0 Å². The van der Waals surface area contributed by atoms with Crippen molar-refractivity contribution in [2.24, 2.45) is 0 Å². The lowest BCUT2D eigenvalue weighted by molar-refractivity contribution is -0.140. The summed E-state index contributed by atoms with van der Waals surface area (Å²) in [5.74, 6) is -1.22. The van der Waals surface area contributed by atoms with Gasteiger partial charge in [-0.25, -0.2) is 0 Å². The molecule has 0 spiro atoms. The number of carboxylic acids is 1. The maximum Gasteiger partial charge on any atom is 0.310 e. The van der Waals surface area contributed by atoms with E-state index >= 15 is 0 Å². The highest BCUT2D eigenvalue weighted by Gasteiger charge is 2.04. The third-order valence-electron chi connectivity index (χ3n) is 1.47. The van der Waals surface area contributed by atoms with Crippen LogP contribution in [-0.4, -0.2) is 28.1 Å². The van der Waals surface area contributed by atoms with Crippen molar-refractivity contribution in [3.05, 3.63) is 0 Å². The van der Waals surface area contributed by atoms with Gasteiger partial charge in [0.15, 0.2) is 0 Å². The minimum Gasteiger partial charge on any atom is -0.481 e. The van der Waals surface area contributed by atoms with Crippen LogP contribution in [0.1, 0.15) is 46.5 Å². The minimum atomic E-state index is -1.03. The summed E-state index contributed by atoms with van der Waals surface area (Å²) in [6.07, 6.45) is 1.53. The van der Waals surface area contributed by atoms with Crippen molar-refractivity contribution in [1.82, 2.24) is 0 Å². The Morgan fingerprint density at radius 3 is 1.93 bits per heavy atom. The van der Waals surface area contributed by atoms with E-state index < -0.39 is 5.97 Å². The van der Waals surface area contributed by atoms with Crippen LogP contribution in [0, 0.1) is 0 Å². The van der Waals surface area contributed by atoms with E-state index in [1.54, 1.807) is 6.92 Å². The van der Waals surface area contributed by atoms with E-state index in [1.807, 2.05) is 13.8 Å². The number of rotatable bonds is 5. The molecule has 0 amide bonds. The van der Waals surface area contributed by atoms with Crippen molar-refractivity contribution in [3.8, 4) is 0 Å².